The van der Waals surface area contributed by atoms with E-state index in [4.69, 9.17) is 67.2 Å². The van der Waals surface area contributed by atoms with E-state index in [0.717, 1.165) is 55.1 Å². The summed E-state index contributed by atoms with van der Waals surface area (Å²) in [6.45, 7) is 32.3. The highest BCUT2D eigenvalue weighted by atomic mass is 17.2. The van der Waals surface area contributed by atoms with Gasteiger partial charge in [0.25, 0.3) is 23.6 Å². The highest BCUT2D eigenvalue weighted by Crippen LogP contribution is 2.39. The van der Waals surface area contributed by atoms with Gasteiger partial charge in [-0.2, -0.15) is 0 Å². The molecule has 30 nitrogen and oxygen atoms in total. The highest BCUT2D eigenvalue weighted by molar-refractivity contribution is 6.22. The lowest BCUT2D eigenvalue weighted by Crippen LogP contribution is -2.35. The third-order valence-electron chi connectivity index (χ3n) is 19.7. The van der Waals surface area contributed by atoms with Gasteiger partial charge in [0, 0.05) is 102 Å². The molecule has 30 heteroatoms. The number of fused-ring (bicyclic) bond motifs is 5. The molecule has 0 saturated carbocycles. The number of carbonyl (C=O) groups is 10. The van der Waals surface area contributed by atoms with Gasteiger partial charge in [-0.3, -0.25) is 57.7 Å². The smallest absolute Gasteiger partial charge is 0.305 e. The molecule has 5 heterocycles. The Balaban J connectivity index is 0.000000227. The Morgan fingerprint density at radius 2 is 0.694 bits per heavy atom. The van der Waals surface area contributed by atoms with Crippen molar-refractivity contribution in [2.24, 2.45) is 17.8 Å². The Hall–Kier alpha value is -11.0. The molecule has 5 amide bonds. The summed E-state index contributed by atoms with van der Waals surface area (Å²) in [6, 6.07) is 31.1. The van der Waals surface area contributed by atoms with Crippen LogP contribution in [0.15, 0.2) is 122 Å². The summed E-state index contributed by atoms with van der Waals surface area (Å²) < 4.78 is 48.1. The van der Waals surface area contributed by atoms with Gasteiger partial charge in [0.15, 0.2) is 18.7 Å². The van der Waals surface area contributed by atoms with E-state index >= 15 is 0 Å². The van der Waals surface area contributed by atoms with Crippen LogP contribution in [0.4, 0.5) is 0 Å². The number of imide groups is 2. The Bertz CT molecular complexity index is 4870. The average Bonchev–Trinajstić information content (AvgIpc) is 2.51. The lowest BCUT2D eigenvalue weighted by atomic mass is 10.1. The predicted molar refractivity (Wildman–Crippen MR) is 448 cm³/mol. The van der Waals surface area contributed by atoms with Crippen molar-refractivity contribution in [3.8, 4) is 17.2 Å². The largest absolute Gasteiger partial charge is 0.497 e. The fourth-order valence-corrected chi connectivity index (χ4v) is 14.0. The fourth-order valence-electron chi connectivity index (χ4n) is 14.0. The van der Waals surface area contributed by atoms with E-state index in [9.17, 15) is 47.9 Å². The zero-order valence-corrected chi connectivity index (χ0v) is 73.4. The lowest BCUT2D eigenvalue weighted by Gasteiger charge is -2.30. The van der Waals surface area contributed by atoms with Crippen molar-refractivity contribution in [2.75, 3.05) is 47.6 Å². The van der Waals surface area contributed by atoms with Crippen LogP contribution in [0, 0.1) is 17.8 Å². The molecule has 3 unspecified atom stereocenters. The number of rotatable bonds is 41. The first-order valence-electron chi connectivity index (χ1n) is 40.6. The number of ether oxygens (including phenoxy) is 8. The van der Waals surface area contributed by atoms with Crippen molar-refractivity contribution < 1.29 is 115 Å². The molecule has 2 aliphatic rings. The molecular formula is C91H118N6O24. The van der Waals surface area contributed by atoms with Gasteiger partial charge in [-0.1, -0.05) is 65.8 Å². The van der Waals surface area contributed by atoms with Crippen molar-refractivity contribution in [2.45, 2.75) is 230 Å². The number of hydrogen-bond acceptors (Lipinski definition) is 24. The number of methoxy groups -OCH3 is 3. The van der Waals surface area contributed by atoms with Gasteiger partial charge >= 0.3 is 29.8 Å². The summed E-state index contributed by atoms with van der Waals surface area (Å²) in [5, 5.41) is 5.67. The van der Waals surface area contributed by atoms with E-state index in [1.54, 1.807) is 97.6 Å². The topological polar surface area (TPSA) is 333 Å². The fraction of sp³-hybridized carbons (Fsp3) is 0.495. The number of nitrogens with zero attached hydrogens (tertiary/aromatic N) is 5. The number of esters is 5. The molecule has 0 radical (unpaired) electrons. The zero-order chi connectivity index (χ0) is 89.0. The Labute approximate surface area is 706 Å². The van der Waals surface area contributed by atoms with Crippen LogP contribution in [0.1, 0.15) is 240 Å². The summed E-state index contributed by atoms with van der Waals surface area (Å²) in [4.78, 5) is 159. The SMILES string of the molecule is COc1ccc2c(c1)c(CCN1C(=O)c3ccccc3C1=O)cn2C(CC(C)C)OOC(C)(C)CC(OC(C)=O)OC(C)=O.COc1ccc2c(c1)c(CCN1C(=O)c3ccccc3C1=O)cn2C(CC(C)C)OOC(C)(C)CCOC(C)=O.COc1ccc2c(c1)c(CCNC(C)=O)cn2C(CC(C)C)OOC(C)(C)CC(OC(C)=O)OC(C)=O. The van der Waals surface area contributed by atoms with Crippen molar-refractivity contribution in [3.63, 3.8) is 0 Å². The van der Waals surface area contributed by atoms with Crippen LogP contribution in [0.2, 0.25) is 0 Å². The van der Waals surface area contributed by atoms with E-state index < -0.39 is 71.9 Å². The van der Waals surface area contributed by atoms with Crippen LogP contribution in [-0.2, 0) is 101 Å². The molecule has 0 saturated heterocycles. The number of hydrogen-bond donors (Lipinski definition) is 1. The number of aromatic nitrogens is 3. The predicted octanol–water partition coefficient (Wildman–Crippen LogP) is 15.8. The van der Waals surface area contributed by atoms with Gasteiger partial charge in [0.05, 0.1) is 79.6 Å². The quantitative estimate of drug-likeness (QED) is 0.00929. The first kappa shape index (κ1) is 95.5. The van der Waals surface area contributed by atoms with Crippen LogP contribution < -0.4 is 19.5 Å². The summed E-state index contributed by atoms with van der Waals surface area (Å²) >= 11 is 0. The number of amides is 5. The first-order valence-corrected chi connectivity index (χ1v) is 40.6. The molecule has 2 aliphatic heterocycles. The van der Waals surface area contributed by atoms with Crippen molar-refractivity contribution in [3.05, 3.63) is 161 Å². The molecule has 5 aromatic carbocycles. The Morgan fingerprint density at radius 1 is 0.397 bits per heavy atom. The van der Waals surface area contributed by atoms with Crippen LogP contribution in [-0.4, -0.2) is 160 Å². The van der Waals surface area contributed by atoms with Crippen molar-refractivity contribution in [1.82, 2.24) is 28.8 Å². The second-order valence-electron chi connectivity index (χ2n) is 33.0. The molecule has 1 N–H and O–H groups in total. The van der Waals surface area contributed by atoms with E-state index in [-0.39, 0.29) is 79.9 Å². The van der Waals surface area contributed by atoms with Gasteiger partial charge in [0.1, 0.15) is 34.1 Å². The van der Waals surface area contributed by atoms with Crippen LogP contribution in [0.5, 0.6) is 17.2 Å². The first-order chi connectivity index (χ1) is 57.1. The van der Waals surface area contributed by atoms with E-state index in [0.29, 0.717) is 91.2 Å². The zero-order valence-electron chi connectivity index (χ0n) is 73.4. The van der Waals surface area contributed by atoms with E-state index in [1.165, 1.54) is 51.3 Å². The molecule has 0 aliphatic carbocycles. The molecule has 0 bridgehead atoms. The molecule has 656 valence electrons. The van der Waals surface area contributed by atoms with Crippen LogP contribution >= 0.6 is 0 Å². The van der Waals surface area contributed by atoms with Gasteiger partial charge in [-0.15, -0.1) is 0 Å². The third kappa shape index (κ3) is 27.0. The Morgan fingerprint density at radius 3 is 0.967 bits per heavy atom. The molecule has 3 aromatic heterocycles. The van der Waals surface area contributed by atoms with E-state index in [2.05, 4.69) is 46.9 Å². The van der Waals surface area contributed by atoms with E-state index in [1.807, 2.05) is 101 Å². The second-order valence-corrected chi connectivity index (χ2v) is 33.0. The maximum absolute atomic E-state index is 13.0. The number of nitrogens with one attached hydrogen (secondary N) is 1. The third-order valence-corrected chi connectivity index (χ3v) is 19.7. The van der Waals surface area contributed by atoms with Gasteiger partial charge < -0.3 is 56.9 Å². The minimum Gasteiger partial charge on any atom is -0.497 e. The molecule has 3 atom stereocenters. The van der Waals surface area contributed by atoms with Gasteiger partial charge in [-0.05, 0) is 193 Å². The molecule has 8 aromatic rings. The molecule has 0 spiro atoms. The average molecular weight is 1680 g/mol. The molecule has 10 rings (SSSR count). The van der Waals surface area contributed by atoms with Gasteiger partial charge in [0.2, 0.25) is 18.5 Å². The standard InChI is InChI=1S/C33H40N2O9.C31H38N2O7.C27H40N2O8/c1-20(2)16-29(43-44-33(5,6)18-30(41-21(3)36)42-22(4)37)35-19-23(27-17-24(40-7)12-13-28(27)35)14-15-34-31(38)25-10-8-9-11-26(25)32(34)39;1-20(2)17-28(39-40-31(4,5)14-16-38-21(3)34)33-19-22(26-18-23(37-6)11-12-27(26)33)13-15-32-29(35)24-9-7-8-10-25(24)30(32)36;1-17(2)13-25(36-37-27(6,7)15-26(34-19(4)31)35-20(5)32)29-16-21(11-12-28-18(3)30)23-14-22(33-8)9-10-24(23)29/h8-13,17,19-20,29-30H,14-16,18H2,1-7H3;7-12,18-20,28H,13-17H2,1-6H3;9-10,14,16-17,25-26H,11-13,15H2,1-8H3,(H,28,30). The molecular weight excluding hydrogens is 1560 g/mol. The summed E-state index contributed by atoms with van der Waals surface area (Å²) in [5.41, 5.74) is 4.65. The maximum Gasteiger partial charge on any atom is 0.305 e. The van der Waals surface area contributed by atoms with Crippen LogP contribution in [0.3, 0.4) is 0 Å². The van der Waals surface area contributed by atoms with Gasteiger partial charge in [-0.25, -0.2) is 29.3 Å². The summed E-state index contributed by atoms with van der Waals surface area (Å²) in [6.07, 6.45) is 6.22. The van der Waals surface area contributed by atoms with Crippen molar-refractivity contribution in [1.29, 1.82) is 0 Å². The molecule has 0 fully saturated rings. The van der Waals surface area contributed by atoms with Crippen LogP contribution in [0.25, 0.3) is 32.7 Å². The van der Waals surface area contributed by atoms with Crippen molar-refractivity contribution >= 4 is 92.1 Å². The number of benzene rings is 5. The summed E-state index contributed by atoms with van der Waals surface area (Å²) in [5.74, 6) is -0.976. The normalized spacial score (nSPS) is 13.6. The number of carbonyl (C=O) groups excluding carboxylic acids is 10. The summed E-state index contributed by atoms with van der Waals surface area (Å²) in [7, 11) is 4.83. The minimum absolute atomic E-state index is 0.0374. The molecule has 121 heavy (non-hydrogen) atoms. The second kappa shape index (κ2) is 43.0. The Kier molecular flexibility index (Phi) is 33.9. The maximum atomic E-state index is 13.0. The highest BCUT2D eigenvalue weighted by Gasteiger charge is 2.39. The lowest BCUT2D eigenvalue weighted by molar-refractivity contribution is -0.400. The monoisotopic (exact) mass is 1680 g/mol. The minimum atomic E-state index is -1.14.